The summed E-state index contributed by atoms with van der Waals surface area (Å²) in [5.74, 6) is 1.10. The molecule has 0 radical (unpaired) electrons. The van der Waals surface area contributed by atoms with Crippen molar-refractivity contribution in [3.63, 3.8) is 0 Å². The summed E-state index contributed by atoms with van der Waals surface area (Å²) in [4.78, 5) is 6.71. The molecule has 4 heteroatoms. The lowest BCUT2D eigenvalue weighted by atomic mass is 9.98. The van der Waals surface area contributed by atoms with E-state index in [-0.39, 0.29) is 0 Å². The molecule has 2 rings (SSSR count). The predicted octanol–water partition coefficient (Wildman–Crippen LogP) is 1.16. The molecule has 1 N–H and O–H groups in total. The van der Waals surface area contributed by atoms with Crippen LogP contribution in [0.5, 0.6) is 0 Å². The molecule has 0 bridgehead atoms. The topological polar surface area (TPSA) is 41.3 Å². The Bertz CT molecular complexity index is 346. The molecule has 0 amide bonds. The Morgan fingerprint density at radius 3 is 2.94 bits per heavy atom. The van der Waals surface area contributed by atoms with Crippen molar-refractivity contribution in [3.8, 4) is 0 Å². The normalized spacial score (nSPS) is 27.9. The Hall–Kier alpha value is -0.870. The fraction of sp³-hybridized carbons (Fsp3) is 0.750. The lowest BCUT2D eigenvalue weighted by molar-refractivity contribution is 0.0443. The van der Waals surface area contributed by atoms with E-state index >= 15 is 0 Å². The monoisotopic (exact) mass is 223 g/mol. The quantitative estimate of drug-likeness (QED) is 0.818. The summed E-state index contributed by atoms with van der Waals surface area (Å²) in [5.41, 5.74) is -0.476. The second-order valence-electron chi connectivity index (χ2n) is 5.08. The SMILES string of the molecule is Cn1ccnc1CN1CCCC(C)(O)CC1. The zero-order chi connectivity index (χ0) is 11.6. The Balaban J connectivity index is 1.94. The van der Waals surface area contributed by atoms with Crippen LogP contribution in [-0.2, 0) is 13.6 Å². The molecule has 0 aromatic carbocycles. The van der Waals surface area contributed by atoms with Gasteiger partial charge in [-0.05, 0) is 32.7 Å². The van der Waals surface area contributed by atoms with Gasteiger partial charge in [-0.15, -0.1) is 0 Å². The van der Waals surface area contributed by atoms with Crippen LogP contribution in [0.3, 0.4) is 0 Å². The molecular weight excluding hydrogens is 202 g/mol. The molecule has 1 saturated heterocycles. The van der Waals surface area contributed by atoms with Crippen LogP contribution in [-0.4, -0.2) is 38.2 Å². The summed E-state index contributed by atoms with van der Waals surface area (Å²) in [6.07, 6.45) is 6.64. The van der Waals surface area contributed by atoms with Crippen molar-refractivity contribution in [2.45, 2.75) is 38.3 Å². The minimum absolute atomic E-state index is 0.476. The molecule has 1 aliphatic heterocycles. The van der Waals surface area contributed by atoms with E-state index in [2.05, 4.69) is 14.5 Å². The molecular formula is C12H21N3O. The van der Waals surface area contributed by atoms with Crippen molar-refractivity contribution in [2.24, 2.45) is 7.05 Å². The van der Waals surface area contributed by atoms with E-state index in [0.717, 1.165) is 44.7 Å². The van der Waals surface area contributed by atoms with Gasteiger partial charge in [0.15, 0.2) is 0 Å². The third-order valence-electron chi connectivity index (χ3n) is 3.44. The van der Waals surface area contributed by atoms with Gasteiger partial charge >= 0.3 is 0 Å². The number of aryl methyl sites for hydroxylation is 1. The number of hydrogen-bond donors (Lipinski definition) is 1. The number of rotatable bonds is 2. The second-order valence-corrected chi connectivity index (χ2v) is 5.08. The van der Waals surface area contributed by atoms with Crippen molar-refractivity contribution >= 4 is 0 Å². The summed E-state index contributed by atoms with van der Waals surface area (Å²) in [6.45, 7) is 4.85. The lowest BCUT2D eigenvalue weighted by Crippen LogP contribution is -2.28. The molecule has 90 valence electrons. The Morgan fingerprint density at radius 2 is 2.25 bits per heavy atom. The van der Waals surface area contributed by atoms with Gasteiger partial charge in [-0.2, -0.15) is 0 Å². The first-order chi connectivity index (χ1) is 7.57. The average Bonchev–Trinajstić information content (AvgIpc) is 2.52. The lowest BCUT2D eigenvalue weighted by Gasteiger charge is -2.22. The molecule has 16 heavy (non-hydrogen) atoms. The van der Waals surface area contributed by atoms with E-state index in [1.54, 1.807) is 0 Å². The molecule has 2 heterocycles. The zero-order valence-electron chi connectivity index (χ0n) is 10.2. The highest BCUT2D eigenvalue weighted by Gasteiger charge is 2.25. The molecule has 0 spiro atoms. The number of nitrogens with zero attached hydrogens (tertiary/aromatic N) is 3. The number of aromatic nitrogens is 2. The van der Waals surface area contributed by atoms with Crippen LogP contribution in [0, 0.1) is 0 Å². The molecule has 1 aromatic heterocycles. The van der Waals surface area contributed by atoms with Crippen LogP contribution in [0.1, 0.15) is 32.0 Å². The summed E-state index contributed by atoms with van der Waals surface area (Å²) >= 11 is 0. The van der Waals surface area contributed by atoms with E-state index in [9.17, 15) is 5.11 Å². The van der Waals surface area contributed by atoms with Crippen LogP contribution < -0.4 is 0 Å². The first kappa shape index (κ1) is 11.6. The third kappa shape index (κ3) is 2.83. The van der Waals surface area contributed by atoms with Gasteiger partial charge in [-0.25, -0.2) is 4.98 Å². The van der Waals surface area contributed by atoms with Gasteiger partial charge in [0, 0.05) is 26.0 Å². The van der Waals surface area contributed by atoms with E-state index in [0.29, 0.717) is 0 Å². The second kappa shape index (κ2) is 4.55. The minimum atomic E-state index is -0.476. The fourth-order valence-electron chi connectivity index (χ4n) is 2.23. The highest BCUT2D eigenvalue weighted by molar-refractivity contribution is 4.92. The van der Waals surface area contributed by atoms with Gasteiger partial charge < -0.3 is 9.67 Å². The van der Waals surface area contributed by atoms with Crippen LogP contribution in [0.25, 0.3) is 0 Å². The molecule has 1 aromatic rings. The van der Waals surface area contributed by atoms with Gasteiger partial charge in [-0.1, -0.05) is 0 Å². The van der Waals surface area contributed by atoms with E-state index in [1.165, 1.54) is 0 Å². The minimum Gasteiger partial charge on any atom is -0.390 e. The highest BCUT2D eigenvalue weighted by Crippen LogP contribution is 2.21. The molecule has 4 nitrogen and oxygen atoms in total. The molecule has 1 aliphatic rings. The number of imidazole rings is 1. The van der Waals surface area contributed by atoms with Gasteiger partial charge in [0.25, 0.3) is 0 Å². The van der Waals surface area contributed by atoms with Crippen molar-refractivity contribution < 1.29 is 5.11 Å². The van der Waals surface area contributed by atoms with Crippen molar-refractivity contribution in [1.82, 2.24) is 14.5 Å². The van der Waals surface area contributed by atoms with Gasteiger partial charge in [0.05, 0.1) is 12.1 Å². The van der Waals surface area contributed by atoms with Crippen molar-refractivity contribution in [3.05, 3.63) is 18.2 Å². The Morgan fingerprint density at radius 1 is 1.44 bits per heavy atom. The van der Waals surface area contributed by atoms with E-state index in [4.69, 9.17) is 0 Å². The summed E-state index contributed by atoms with van der Waals surface area (Å²) < 4.78 is 2.06. The maximum atomic E-state index is 10.0. The summed E-state index contributed by atoms with van der Waals surface area (Å²) in [6, 6.07) is 0. The maximum Gasteiger partial charge on any atom is 0.122 e. The fourth-order valence-corrected chi connectivity index (χ4v) is 2.23. The standard InChI is InChI=1S/C12H21N3O/c1-12(16)4-3-7-15(8-5-12)10-11-13-6-9-14(11)2/h6,9,16H,3-5,7-8,10H2,1-2H3. The van der Waals surface area contributed by atoms with Crippen molar-refractivity contribution in [1.29, 1.82) is 0 Å². The van der Waals surface area contributed by atoms with Gasteiger partial charge in [-0.3, -0.25) is 4.90 Å². The molecule has 1 unspecified atom stereocenters. The van der Waals surface area contributed by atoms with Crippen LogP contribution in [0.2, 0.25) is 0 Å². The van der Waals surface area contributed by atoms with Gasteiger partial charge in [0.1, 0.15) is 5.82 Å². The van der Waals surface area contributed by atoms with Crippen LogP contribution in [0.4, 0.5) is 0 Å². The number of likely N-dealkylation sites (tertiary alicyclic amines) is 1. The Labute approximate surface area is 96.9 Å². The zero-order valence-corrected chi connectivity index (χ0v) is 10.2. The smallest absolute Gasteiger partial charge is 0.122 e. The third-order valence-corrected chi connectivity index (χ3v) is 3.44. The van der Waals surface area contributed by atoms with E-state index < -0.39 is 5.60 Å². The number of aliphatic hydroxyl groups is 1. The van der Waals surface area contributed by atoms with E-state index in [1.807, 2.05) is 26.4 Å². The highest BCUT2D eigenvalue weighted by atomic mass is 16.3. The van der Waals surface area contributed by atoms with Crippen LogP contribution in [0.15, 0.2) is 12.4 Å². The molecule has 0 aliphatic carbocycles. The number of hydrogen-bond acceptors (Lipinski definition) is 3. The summed E-state index contributed by atoms with van der Waals surface area (Å²) in [5, 5.41) is 10.0. The first-order valence-electron chi connectivity index (χ1n) is 5.98. The molecule has 1 fully saturated rings. The maximum absolute atomic E-state index is 10.0. The average molecular weight is 223 g/mol. The first-order valence-corrected chi connectivity index (χ1v) is 5.98. The molecule has 1 atom stereocenters. The largest absolute Gasteiger partial charge is 0.390 e. The molecule has 0 saturated carbocycles. The Kier molecular flexibility index (Phi) is 3.30. The van der Waals surface area contributed by atoms with Crippen molar-refractivity contribution in [2.75, 3.05) is 13.1 Å². The predicted molar refractivity (Wildman–Crippen MR) is 63.0 cm³/mol. The van der Waals surface area contributed by atoms with Crippen LogP contribution >= 0.6 is 0 Å². The van der Waals surface area contributed by atoms with Gasteiger partial charge in [0.2, 0.25) is 0 Å². The summed E-state index contributed by atoms with van der Waals surface area (Å²) in [7, 11) is 2.02.